The number of rotatable bonds is 9. The summed E-state index contributed by atoms with van der Waals surface area (Å²) >= 11 is 0. The largest absolute Gasteiger partial charge is 0.507 e. The Morgan fingerprint density at radius 2 is 1.81 bits per heavy atom. The van der Waals surface area contributed by atoms with E-state index in [1.807, 2.05) is 32.0 Å². The fraction of sp³-hybridized carbons (Fsp3) is 0.360. The van der Waals surface area contributed by atoms with Crippen molar-refractivity contribution in [3.05, 3.63) is 65.2 Å². The second-order valence-electron chi connectivity index (χ2n) is 7.86. The highest BCUT2D eigenvalue weighted by atomic mass is 16.5. The molecule has 7 nitrogen and oxygen atoms in total. The molecule has 2 aromatic rings. The second kappa shape index (κ2) is 10.3. The van der Waals surface area contributed by atoms with E-state index in [1.54, 1.807) is 49.6 Å². The molecule has 0 saturated carbocycles. The molecule has 1 aliphatic heterocycles. The molecule has 1 atom stereocenters. The zero-order valence-corrected chi connectivity index (χ0v) is 19.0. The van der Waals surface area contributed by atoms with Gasteiger partial charge in [-0.1, -0.05) is 36.4 Å². The average Bonchev–Trinajstić information content (AvgIpc) is 3.04. The Kier molecular flexibility index (Phi) is 7.53. The number of ether oxygens (including phenoxy) is 2. The van der Waals surface area contributed by atoms with Crippen molar-refractivity contribution >= 4 is 17.4 Å². The second-order valence-corrected chi connectivity index (χ2v) is 7.86. The molecule has 0 spiro atoms. The van der Waals surface area contributed by atoms with Crippen molar-refractivity contribution in [1.29, 1.82) is 0 Å². The predicted octanol–water partition coefficient (Wildman–Crippen LogP) is 3.47. The number of carbonyl (C=O) groups is 2. The smallest absolute Gasteiger partial charge is 0.295 e. The molecular weight excluding hydrogens is 408 g/mol. The van der Waals surface area contributed by atoms with Gasteiger partial charge in [0.05, 0.1) is 25.3 Å². The highest BCUT2D eigenvalue weighted by Gasteiger charge is 2.46. The Morgan fingerprint density at radius 1 is 1.09 bits per heavy atom. The van der Waals surface area contributed by atoms with Gasteiger partial charge in [0.1, 0.15) is 5.76 Å². The molecule has 0 aliphatic carbocycles. The first-order chi connectivity index (χ1) is 15.4. The highest BCUT2D eigenvalue weighted by molar-refractivity contribution is 6.46. The van der Waals surface area contributed by atoms with E-state index in [2.05, 4.69) is 0 Å². The van der Waals surface area contributed by atoms with Gasteiger partial charge in [0.15, 0.2) is 11.5 Å². The number of likely N-dealkylation sites (tertiary alicyclic amines) is 1. The lowest BCUT2D eigenvalue weighted by Crippen LogP contribution is -2.32. The van der Waals surface area contributed by atoms with E-state index in [4.69, 9.17) is 9.47 Å². The van der Waals surface area contributed by atoms with Crippen LogP contribution in [-0.2, 0) is 9.59 Å². The van der Waals surface area contributed by atoms with Gasteiger partial charge in [-0.15, -0.1) is 0 Å². The molecule has 2 aromatic carbocycles. The van der Waals surface area contributed by atoms with Crippen molar-refractivity contribution in [2.24, 2.45) is 0 Å². The van der Waals surface area contributed by atoms with E-state index >= 15 is 0 Å². The minimum atomic E-state index is -0.720. The third-order valence-electron chi connectivity index (χ3n) is 5.39. The molecular formula is C25H30N2O5. The summed E-state index contributed by atoms with van der Waals surface area (Å²) in [6.45, 7) is 3.51. The average molecular weight is 439 g/mol. The van der Waals surface area contributed by atoms with Crippen LogP contribution in [0.25, 0.3) is 5.76 Å². The highest BCUT2D eigenvalue weighted by Crippen LogP contribution is 2.42. The van der Waals surface area contributed by atoms with E-state index < -0.39 is 17.7 Å². The summed E-state index contributed by atoms with van der Waals surface area (Å²) in [6, 6.07) is 13.4. The van der Waals surface area contributed by atoms with E-state index in [1.165, 1.54) is 4.90 Å². The standard InChI is InChI=1S/C25H30N2O5/c1-5-32-19-13-12-18(16-20(19)31-4)22-21(23(28)17-10-7-6-8-11-17)24(29)25(30)27(22)15-9-14-26(2)3/h6-8,10-13,16,22,28H,5,9,14-15H2,1-4H3/b23-21+/t22-/m1/s1. The molecule has 1 N–H and O–H groups in total. The number of hydrogen-bond donors (Lipinski definition) is 1. The number of ketones is 1. The Morgan fingerprint density at radius 3 is 2.44 bits per heavy atom. The molecule has 0 radical (unpaired) electrons. The van der Waals surface area contributed by atoms with Gasteiger partial charge in [-0.3, -0.25) is 9.59 Å². The number of Topliss-reactive ketones (excluding diaryl/α,β-unsaturated/α-hetero) is 1. The van der Waals surface area contributed by atoms with Crippen LogP contribution in [0.3, 0.4) is 0 Å². The van der Waals surface area contributed by atoms with Gasteiger partial charge in [0.25, 0.3) is 11.7 Å². The zero-order valence-electron chi connectivity index (χ0n) is 19.0. The summed E-state index contributed by atoms with van der Waals surface area (Å²) < 4.78 is 11.1. The maximum Gasteiger partial charge on any atom is 0.295 e. The SMILES string of the molecule is CCOc1ccc([C@@H]2/C(=C(\O)c3ccccc3)C(=O)C(=O)N2CCCN(C)C)cc1OC. The maximum absolute atomic E-state index is 13.1. The lowest BCUT2D eigenvalue weighted by atomic mass is 9.95. The molecule has 170 valence electrons. The van der Waals surface area contributed by atoms with E-state index in [0.29, 0.717) is 42.2 Å². The topological polar surface area (TPSA) is 79.3 Å². The molecule has 1 heterocycles. The van der Waals surface area contributed by atoms with Crippen molar-refractivity contribution in [1.82, 2.24) is 9.80 Å². The van der Waals surface area contributed by atoms with Crippen molar-refractivity contribution < 1.29 is 24.2 Å². The maximum atomic E-state index is 13.1. The Hall–Kier alpha value is -3.32. The van der Waals surface area contributed by atoms with Crippen molar-refractivity contribution in [2.75, 3.05) is 40.9 Å². The first kappa shape index (κ1) is 23.3. The van der Waals surface area contributed by atoms with Gasteiger partial charge < -0.3 is 24.4 Å². The zero-order chi connectivity index (χ0) is 23.3. The molecule has 7 heteroatoms. The van der Waals surface area contributed by atoms with Crippen molar-refractivity contribution in [3.63, 3.8) is 0 Å². The van der Waals surface area contributed by atoms with Crippen LogP contribution in [0.5, 0.6) is 11.5 Å². The van der Waals surface area contributed by atoms with Crippen LogP contribution in [0.15, 0.2) is 54.1 Å². The summed E-state index contributed by atoms with van der Waals surface area (Å²) in [6.07, 6.45) is 0.691. The van der Waals surface area contributed by atoms with Gasteiger partial charge >= 0.3 is 0 Å². The first-order valence-electron chi connectivity index (χ1n) is 10.7. The summed E-state index contributed by atoms with van der Waals surface area (Å²) in [5, 5.41) is 11.1. The van der Waals surface area contributed by atoms with Crippen LogP contribution < -0.4 is 9.47 Å². The van der Waals surface area contributed by atoms with Crippen LogP contribution in [0.1, 0.15) is 30.5 Å². The molecule has 0 aromatic heterocycles. The normalized spacial score (nSPS) is 17.8. The lowest BCUT2D eigenvalue weighted by molar-refractivity contribution is -0.139. The van der Waals surface area contributed by atoms with Crippen molar-refractivity contribution in [3.8, 4) is 11.5 Å². The number of aliphatic hydroxyl groups excluding tert-OH is 1. The van der Waals surface area contributed by atoms with Crippen LogP contribution in [0.4, 0.5) is 0 Å². The monoisotopic (exact) mass is 438 g/mol. The van der Waals surface area contributed by atoms with Gasteiger partial charge in [0, 0.05) is 12.1 Å². The van der Waals surface area contributed by atoms with Gasteiger partial charge in [-0.05, 0) is 51.7 Å². The summed E-state index contributed by atoms with van der Waals surface area (Å²) in [5.74, 6) is -0.403. The molecule has 0 bridgehead atoms. The number of hydrogen-bond acceptors (Lipinski definition) is 6. The summed E-state index contributed by atoms with van der Waals surface area (Å²) in [4.78, 5) is 29.6. The predicted molar refractivity (Wildman–Crippen MR) is 123 cm³/mol. The van der Waals surface area contributed by atoms with Crippen molar-refractivity contribution in [2.45, 2.75) is 19.4 Å². The van der Waals surface area contributed by atoms with E-state index in [-0.39, 0.29) is 11.3 Å². The number of amides is 1. The molecule has 0 unspecified atom stereocenters. The molecule has 3 rings (SSSR count). The Labute approximate surface area is 188 Å². The quantitative estimate of drug-likeness (QED) is 0.367. The Bertz CT molecular complexity index is 1000. The third kappa shape index (κ3) is 4.78. The minimum absolute atomic E-state index is 0.0808. The summed E-state index contributed by atoms with van der Waals surface area (Å²) in [5.41, 5.74) is 1.24. The van der Waals surface area contributed by atoms with Crippen LogP contribution in [0, 0.1) is 0 Å². The molecule has 32 heavy (non-hydrogen) atoms. The summed E-state index contributed by atoms with van der Waals surface area (Å²) in [7, 11) is 5.45. The number of methoxy groups -OCH3 is 1. The van der Waals surface area contributed by atoms with E-state index in [9.17, 15) is 14.7 Å². The molecule has 1 amide bonds. The lowest BCUT2D eigenvalue weighted by Gasteiger charge is -2.26. The van der Waals surface area contributed by atoms with Gasteiger partial charge in [-0.2, -0.15) is 0 Å². The number of nitrogens with zero attached hydrogens (tertiary/aromatic N) is 2. The van der Waals surface area contributed by atoms with Gasteiger partial charge in [-0.25, -0.2) is 0 Å². The minimum Gasteiger partial charge on any atom is -0.507 e. The third-order valence-corrected chi connectivity index (χ3v) is 5.39. The number of aliphatic hydroxyl groups is 1. The molecule has 1 fully saturated rings. The van der Waals surface area contributed by atoms with Gasteiger partial charge in [0.2, 0.25) is 0 Å². The fourth-order valence-corrected chi connectivity index (χ4v) is 3.90. The van der Waals surface area contributed by atoms with E-state index in [0.717, 1.165) is 6.54 Å². The number of carbonyl (C=O) groups excluding carboxylic acids is 2. The number of benzene rings is 2. The van der Waals surface area contributed by atoms with Crippen LogP contribution in [-0.4, -0.2) is 67.5 Å². The van der Waals surface area contributed by atoms with Crippen LogP contribution >= 0.6 is 0 Å². The Balaban J connectivity index is 2.12. The first-order valence-corrected chi connectivity index (χ1v) is 10.7. The van der Waals surface area contributed by atoms with Crippen LogP contribution in [0.2, 0.25) is 0 Å². The molecule has 1 aliphatic rings. The fourth-order valence-electron chi connectivity index (χ4n) is 3.90. The molecule has 1 saturated heterocycles.